The van der Waals surface area contributed by atoms with Crippen LogP contribution in [-0.2, 0) is 4.79 Å². The molecule has 1 aromatic carbocycles. The van der Waals surface area contributed by atoms with Crippen LogP contribution in [-0.4, -0.2) is 20.4 Å². The van der Waals surface area contributed by atoms with Crippen molar-refractivity contribution in [3.8, 4) is 11.5 Å². The van der Waals surface area contributed by atoms with Crippen LogP contribution in [0.15, 0.2) is 35.1 Å². The van der Waals surface area contributed by atoms with Crippen LogP contribution in [0.4, 0.5) is 5.69 Å². The van der Waals surface area contributed by atoms with Crippen LogP contribution < -0.4 is 5.32 Å². The maximum absolute atomic E-state index is 12.7. The van der Waals surface area contributed by atoms with Gasteiger partial charge in [-0.2, -0.15) is 0 Å². The summed E-state index contributed by atoms with van der Waals surface area (Å²) in [5.41, 5.74) is 1.86. The minimum absolute atomic E-state index is 0.133. The van der Waals surface area contributed by atoms with E-state index in [9.17, 15) is 4.79 Å². The molecule has 4 aliphatic carbocycles. The monoisotopic (exact) mass is 415 g/mol. The van der Waals surface area contributed by atoms with Crippen LogP contribution in [0.5, 0.6) is 0 Å². The molecule has 5 nitrogen and oxygen atoms in total. The second-order valence-corrected chi connectivity index (χ2v) is 10.3. The Morgan fingerprint density at radius 3 is 2.54 bits per heavy atom. The van der Waals surface area contributed by atoms with E-state index >= 15 is 0 Å². The number of amides is 1. The van der Waals surface area contributed by atoms with Crippen molar-refractivity contribution in [2.75, 3.05) is 5.32 Å². The zero-order chi connectivity index (χ0) is 17.8. The Morgan fingerprint density at radius 1 is 1.19 bits per heavy atom. The first-order valence-electron chi connectivity index (χ1n) is 9.36. The van der Waals surface area contributed by atoms with Crippen LogP contribution in [0.1, 0.15) is 44.9 Å². The number of carbonyl (C=O) groups excluding carboxylic acids is 1. The smallest absolute Gasteiger partial charge is 0.247 e. The van der Waals surface area contributed by atoms with E-state index in [-0.39, 0.29) is 11.3 Å². The summed E-state index contributed by atoms with van der Waals surface area (Å²) in [6.07, 6.45) is 9.50. The summed E-state index contributed by atoms with van der Waals surface area (Å²) in [5.74, 6) is 2.22. The van der Waals surface area contributed by atoms with Crippen molar-refractivity contribution < 1.29 is 9.21 Å². The quantitative estimate of drug-likeness (QED) is 0.728. The number of hydrogen-bond acceptors (Lipinski definition) is 4. The summed E-state index contributed by atoms with van der Waals surface area (Å²) in [4.78, 5) is 12.7. The molecular weight excluding hydrogens is 394 g/mol. The Hall–Kier alpha value is -1.69. The van der Waals surface area contributed by atoms with Crippen molar-refractivity contribution in [2.24, 2.45) is 17.3 Å². The maximum Gasteiger partial charge on any atom is 0.247 e. The second kappa shape index (κ2) is 5.91. The summed E-state index contributed by atoms with van der Waals surface area (Å²) >= 11 is 4.02. The third-order valence-electron chi connectivity index (χ3n) is 6.42. The molecule has 0 aliphatic heterocycles. The van der Waals surface area contributed by atoms with Gasteiger partial charge in [-0.1, -0.05) is 15.9 Å². The van der Waals surface area contributed by atoms with E-state index in [1.165, 1.54) is 38.5 Å². The third-order valence-corrected chi connectivity index (χ3v) is 7.35. The molecule has 1 amide bonds. The number of halogens is 1. The van der Waals surface area contributed by atoms with E-state index in [1.54, 1.807) is 0 Å². The minimum atomic E-state index is 0.133. The SMILES string of the molecule is O=C(CC12CC3CC(CC(Br)(C3)C1)C2)Nc1ccc(-c2nnco2)cc1. The van der Waals surface area contributed by atoms with Gasteiger partial charge in [-0.25, -0.2) is 0 Å². The highest BCUT2D eigenvalue weighted by Gasteiger charge is 2.57. The molecule has 2 atom stereocenters. The lowest BCUT2D eigenvalue weighted by Crippen LogP contribution is -2.53. The fourth-order valence-electron chi connectivity index (χ4n) is 6.08. The maximum atomic E-state index is 12.7. The number of benzene rings is 1. The molecule has 26 heavy (non-hydrogen) atoms. The van der Waals surface area contributed by atoms with Gasteiger partial charge in [0.15, 0.2) is 0 Å². The highest BCUT2D eigenvalue weighted by atomic mass is 79.9. The van der Waals surface area contributed by atoms with Crippen molar-refractivity contribution >= 4 is 27.5 Å². The highest BCUT2D eigenvalue weighted by molar-refractivity contribution is 9.10. The van der Waals surface area contributed by atoms with Crippen molar-refractivity contribution in [3.05, 3.63) is 30.7 Å². The van der Waals surface area contributed by atoms with Gasteiger partial charge in [0.2, 0.25) is 18.2 Å². The Morgan fingerprint density at radius 2 is 1.92 bits per heavy atom. The summed E-state index contributed by atoms with van der Waals surface area (Å²) in [6.45, 7) is 0. The number of aromatic nitrogens is 2. The molecule has 0 spiro atoms. The topological polar surface area (TPSA) is 68.0 Å². The molecule has 1 N–H and O–H groups in total. The minimum Gasteiger partial charge on any atom is -0.423 e. The molecule has 0 radical (unpaired) electrons. The molecule has 4 fully saturated rings. The first-order valence-corrected chi connectivity index (χ1v) is 10.2. The van der Waals surface area contributed by atoms with E-state index < -0.39 is 0 Å². The van der Waals surface area contributed by atoms with E-state index in [0.29, 0.717) is 16.6 Å². The Bertz CT molecular complexity index is 804. The van der Waals surface area contributed by atoms with E-state index in [2.05, 4.69) is 31.4 Å². The average molecular weight is 416 g/mol. The molecule has 4 bridgehead atoms. The largest absolute Gasteiger partial charge is 0.423 e. The molecule has 1 aromatic heterocycles. The van der Waals surface area contributed by atoms with E-state index in [0.717, 1.165) is 29.5 Å². The lowest BCUT2D eigenvalue weighted by atomic mass is 9.48. The van der Waals surface area contributed by atoms with Gasteiger partial charge in [0.1, 0.15) is 0 Å². The average Bonchev–Trinajstić information content (AvgIpc) is 3.07. The van der Waals surface area contributed by atoms with Gasteiger partial charge in [0.25, 0.3) is 0 Å². The van der Waals surface area contributed by atoms with Gasteiger partial charge in [0, 0.05) is 22.0 Å². The molecule has 4 aliphatic rings. The number of nitrogens with zero attached hydrogens (tertiary/aromatic N) is 2. The second-order valence-electron chi connectivity index (χ2n) is 8.66. The van der Waals surface area contributed by atoms with Crippen molar-refractivity contribution in [1.29, 1.82) is 0 Å². The highest BCUT2D eigenvalue weighted by Crippen LogP contribution is 2.65. The first kappa shape index (κ1) is 16.5. The number of alkyl halides is 1. The predicted octanol–water partition coefficient (Wildman–Crippen LogP) is 4.80. The first-order chi connectivity index (χ1) is 12.5. The fraction of sp³-hybridized carbons (Fsp3) is 0.550. The molecule has 1 heterocycles. The van der Waals surface area contributed by atoms with Crippen LogP contribution in [0.25, 0.3) is 11.5 Å². The number of carbonyl (C=O) groups is 1. The van der Waals surface area contributed by atoms with Gasteiger partial charge < -0.3 is 9.73 Å². The fourth-order valence-corrected chi connectivity index (χ4v) is 7.59. The lowest BCUT2D eigenvalue weighted by Gasteiger charge is -2.60. The van der Waals surface area contributed by atoms with Gasteiger partial charge in [-0.05, 0) is 80.0 Å². The molecule has 2 unspecified atom stereocenters. The number of nitrogens with one attached hydrogen (secondary N) is 1. The predicted molar refractivity (Wildman–Crippen MR) is 102 cm³/mol. The van der Waals surface area contributed by atoms with Gasteiger partial charge in [0.05, 0.1) is 0 Å². The van der Waals surface area contributed by atoms with Crippen molar-refractivity contribution in [2.45, 2.75) is 49.3 Å². The standard InChI is InChI=1S/C20H22BrN3O2/c21-20-8-13-5-14(9-20)7-19(6-13,11-20)10-17(25)23-16-3-1-15(2-4-16)18-24-22-12-26-18/h1-4,12-14H,5-11H2,(H,23,25). The van der Waals surface area contributed by atoms with Crippen molar-refractivity contribution in [3.63, 3.8) is 0 Å². The molecule has 136 valence electrons. The molecule has 0 saturated heterocycles. The van der Waals surface area contributed by atoms with Gasteiger partial charge in [-0.3, -0.25) is 4.79 Å². The normalized spacial score (nSPS) is 34.8. The molecule has 4 saturated carbocycles. The molecule has 2 aromatic rings. The Labute approximate surface area is 161 Å². The van der Waals surface area contributed by atoms with E-state index in [4.69, 9.17) is 4.42 Å². The van der Waals surface area contributed by atoms with Crippen LogP contribution in [0.2, 0.25) is 0 Å². The third kappa shape index (κ3) is 2.98. The van der Waals surface area contributed by atoms with Gasteiger partial charge >= 0.3 is 0 Å². The van der Waals surface area contributed by atoms with Crippen LogP contribution in [0, 0.1) is 17.3 Å². The zero-order valence-corrected chi connectivity index (χ0v) is 16.2. The molecular formula is C20H22BrN3O2. The van der Waals surface area contributed by atoms with Crippen LogP contribution >= 0.6 is 15.9 Å². The molecule has 6 heteroatoms. The Balaban J connectivity index is 1.26. The number of anilines is 1. The summed E-state index contributed by atoms with van der Waals surface area (Å²) in [7, 11) is 0. The summed E-state index contributed by atoms with van der Waals surface area (Å²) in [6, 6.07) is 7.56. The zero-order valence-electron chi connectivity index (χ0n) is 14.6. The summed E-state index contributed by atoms with van der Waals surface area (Å²) in [5, 5.41) is 10.7. The Kier molecular flexibility index (Phi) is 3.75. The van der Waals surface area contributed by atoms with Crippen molar-refractivity contribution in [1.82, 2.24) is 10.2 Å². The number of hydrogen-bond donors (Lipinski definition) is 1. The molecule has 6 rings (SSSR count). The number of rotatable bonds is 4. The van der Waals surface area contributed by atoms with Gasteiger partial charge in [-0.15, -0.1) is 10.2 Å². The summed E-state index contributed by atoms with van der Waals surface area (Å²) < 4.78 is 5.49. The van der Waals surface area contributed by atoms with Crippen LogP contribution in [0.3, 0.4) is 0 Å². The lowest BCUT2D eigenvalue weighted by molar-refractivity contribution is -0.123. The van der Waals surface area contributed by atoms with E-state index in [1.807, 2.05) is 24.3 Å².